The molecule has 0 saturated carbocycles. The summed E-state index contributed by atoms with van der Waals surface area (Å²) < 4.78 is 6.92. The fourth-order valence-corrected chi connectivity index (χ4v) is 2.17. The Bertz CT molecular complexity index is 512. The van der Waals surface area contributed by atoms with Crippen LogP contribution in [0.1, 0.15) is 32.2 Å². The molecule has 20 heavy (non-hydrogen) atoms. The van der Waals surface area contributed by atoms with Crippen molar-refractivity contribution in [3.05, 3.63) is 29.6 Å². The van der Waals surface area contributed by atoms with E-state index >= 15 is 0 Å². The normalized spacial score (nSPS) is 15.7. The highest BCUT2D eigenvalue weighted by Gasteiger charge is 2.24. The molecule has 0 unspecified atom stereocenters. The largest absolute Gasteiger partial charge is 0.381 e. The first-order valence-corrected chi connectivity index (χ1v) is 6.93. The number of carbonyl (C=O) groups excluding carboxylic acids is 1. The number of nitrogens with zero attached hydrogens (tertiary/aromatic N) is 3. The first kappa shape index (κ1) is 14.8. The third-order valence-corrected chi connectivity index (χ3v) is 3.40. The summed E-state index contributed by atoms with van der Waals surface area (Å²) in [5, 5.41) is 4.63. The van der Waals surface area contributed by atoms with Crippen LogP contribution in [-0.4, -0.2) is 40.8 Å². The third-order valence-electron chi connectivity index (χ3n) is 3.40. The Labute approximate surface area is 120 Å². The quantitative estimate of drug-likeness (QED) is 0.790. The van der Waals surface area contributed by atoms with Crippen LogP contribution in [-0.2, 0) is 28.0 Å². The Morgan fingerprint density at radius 3 is 2.85 bits per heavy atom. The molecular formula is C15H23N3O2. The number of methoxy groups -OCH3 is 1. The second-order valence-electron chi connectivity index (χ2n) is 6.11. The maximum atomic E-state index is 12.0. The van der Waals surface area contributed by atoms with E-state index in [0.717, 1.165) is 17.9 Å². The topological polar surface area (TPSA) is 47.4 Å². The minimum Gasteiger partial charge on any atom is -0.381 e. The first-order valence-electron chi connectivity index (χ1n) is 6.93. The highest BCUT2D eigenvalue weighted by molar-refractivity contribution is 5.87. The molecule has 110 valence electrons. The molecule has 2 rings (SSSR count). The van der Waals surface area contributed by atoms with Crippen molar-refractivity contribution in [3.63, 3.8) is 0 Å². The predicted molar refractivity (Wildman–Crippen MR) is 77.4 cm³/mol. The number of amides is 1. The molecule has 0 atom stereocenters. The van der Waals surface area contributed by atoms with Crippen molar-refractivity contribution >= 4 is 5.91 Å². The van der Waals surface area contributed by atoms with E-state index in [4.69, 9.17) is 4.74 Å². The number of fused-ring (bicyclic) bond motifs is 1. The minimum absolute atomic E-state index is 0.0341. The lowest BCUT2D eigenvalue weighted by atomic mass is 9.92. The molecule has 1 aliphatic rings. The summed E-state index contributed by atoms with van der Waals surface area (Å²) in [4.78, 5) is 13.9. The molecule has 0 N–H and O–H groups in total. The van der Waals surface area contributed by atoms with Crippen molar-refractivity contribution in [2.45, 2.75) is 39.3 Å². The van der Waals surface area contributed by atoms with Gasteiger partial charge in [0, 0.05) is 25.1 Å². The number of hydrogen-bond donors (Lipinski definition) is 0. The molecule has 1 aliphatic heterocycles. The van der Waals surface area contributed by atoms with Crippen molar-refractivity contribution in [1.82, 2.24) is 14.7 Å². The van der Waals surface area contributed by atoms with Crippen LogP contribution in [0.5, 0.6) is 0 Å². The van der Waals surface area contributed by atoms with Gasteiger partial charge in [-0.1, -0.05) is 26.8 Å². The molecule has 5 nitrogen and oxygen atoms in total. The van der Waals surface area contributed by atoms with E-state index < -0.39 is 0 Å². The number of carbonyl (C=O) groups is 1. The number of aromatic nitrogens is 2. The summed E-state index contributed by atoms with van der Waals surface area (Å²) in [5.74, 6) is 0.0341. The van der Waals surface area contributed by atoms with Gasteiger partial charge in [-0.3, -0.25) is 9.48 Å². The van der Waals surface area contributed by atoms with Gasteiger partial charge in [-0.05, 0) is 6.07 Å². The average molecular weight is 277 g/mol. The van der Waals surface area contributed by atoms with Crippen LogP contribution >= 0.6 is 0 Å². The third kappa shape index (κ3) is 3.28. The zero-order valence-corrected chi connectivity index (χ0v) is 12.7. The average Bonchev–Trinajstić information content (AvgIpc) is 2.81. The van der Waals surface area contributed by atoms with Gasteiger partial charge in [-0.25, -0.2) is 0 Å². The van der Waals surface area contributed by atoms with Crippen LogP contribution in [0, 0.1) is 0 Å². The number of hydrogen-bond acceptors (Lipinski definition) is 3. The molecule has 0 saturated heterocycles. The number of ether oxygens (including phenoxy) is 1. The fraction of sp³-hybridized carbons (Fsp3) is 0.600. The molecule has 5 heteroatoms. The Hall–Kier alpha value is -1.62. The van der Waals surface area contributed by atoms with Crippen LogP contribution < -0.4 is 0 Å². The van der Waals surface area contributed by atoms with Crippen LogP contribution in [0.2, 0.25) is 0 Å². The monoisotopic (exact) mass is 277 g/mol. The van der Waals surface area contributed by atoms with Gasteiger partial charge in [0.15, 0.2) is 0 Å². The van der Waals surface area contributed by atoms with Crippen molar-refractivity contribution in [3.8, 4) is 0 Å². The van der Waals surface area contributed by atoms with E-state index in [0.29, 0.717) is 19.7 Å². The van der Waals surface area contributed by atoms with Crippen molar-refractivity contribution in [2.75, 3.05) is 20.3 Å². The molecule has 2 heterocycles. The Morgan fingerprint density at radius 2 is 2.20 bits per heavy atom. The second-order valence-corrected chi connectivity index (χ2v) is 6.11. The van der Waals surface area contributed by atoms with Gasteiger partial charge in [0.2, 0.25) is 5.91 Å². The molecule has 1 amide bonds. The molecule has 0 spiro atoms. The Kier molecular flexibility index (Phi) is 4.28. The van der Waals surface area contributed by atoms with Gasteiger partial charge in [-0.2, -0.15) is 5.10 Å². The maximum Gasteiger partial charge on any atom is 0.246 e. The summed E-state index contributed by atoms with van der Waals surface area (Å²) in [6.07, 6.45) is 3.33. The Balaban J connectivity index is 2.07. The smallest absolute Gasteiger partial charge is 0.246 e. The van der Waals surface area contributed by atoms with Gasteiger partial charge in [-0.15, -0.1) is 0 Å². The molecule has 1 aromatic rings. The predicted octanol–water partition coefficient (Wildman–Crippen LogP) is 1.73. The van der Waals surface area contributed by atoms with Crippen molar-refractivity contribution < 1.29 is 9.53 Å². The zero-order valence-electron chi connectivity index (χ0n) is 12.7. The molecule has 0 bridgehead atoms. The van der Waals surface area contributed by atoms with Gasteiger partial charge >= 0.3 is 0 Å². The van der Waals surface area contributed by atoms with E-state index in [1.807, 2.05) is 9.58 Å². The lowest BCUT2D eigenvalue weighted by Gasteiger charge is -2.26. The SMILES string of the molecule is COC/C=C/C(=O)N1CCn2nc(C(C)(C)C)cc2C1. The summed E-state index contributed by atoms with van der Waals surface area (Å²) >= 11 is 0. The summed E-state index contributed by atoms with van der Waals surface area (Å²) in [6.45, 7) is 9.00. The Morgan fingerprint density at radius 1 is 1.45 bits per heavy atom. The standard InChI is InChI=1S/C15H23N3O2/c1-15(2,3)13-10-12-11-17(7-8-18(12)16-13)14(19)6-5-9-20-4/h5-6,10H,7-9,11H2,1-4H3/b6-5+. The molecule has 1 aromatic heterocycles. The zero-order chi connectivity index (χ0) is 14.8. The lowest BCUT2D eigenvalue weighted by Crippen LogP contribution is -2.37. The highest BCUT2D eigenvalue weighted by atomic mass is 16.5. The van der Waals surface area contributed by atoms with Gasteiger partial charge in [0.1, 0.15) is 0 Å². The van der Waals surface area contributed by atoms with Crippen LogP contribution in [0.15, 0.2) is 18.2 Å². The second kappa shape index (κ2) is 5.79. The maximum absolute atomic E-state index is 12.0. The molecule has 0 aromatic carbocycles. The lowest BCUT2D eigenvalue weighted by molar-refractivity contribution is -0.127. The van der Waals surface area contributed by atoms with Crippen molar-refractivity contribution in [2.24, 2.45) is 0 Å². The van der Waals surface area contributed by atoms with E-state index in [1.54, 1.807) is 19.3 Å². The van der Waals surface area contributed by atoms with Crippen molar-refractivity contribution in [1.29, 1.82) is 0 Å². The molecule has 0 aliphatic carbocycles. The van der Waals surface area contributed by atoms with E-state index in [9.17, 15) is 4.79 Å². The summed E-state index contributed by atoms with van der Waals surface area (Å²) in [7, 11) is 1.61. The summed E-state index contributed by atoms with van der Waals surface area (Å²) in [6, 6.07) is 2.11. The van der Waals surface area contributed by atoms with E-state index in [-0.39, 0.29) is 11.3 Å². The van der Waals surface area contributed by atoms with Crippen LogP contribution in [0.25, 0.3) is 0 Å². The van der Waals surface area contributed by atoms with Crippen LogP contribution in [0.3, 0.4) is 0 Å². The molecule has 0 fully saturated rings. The highest BCUT2D eigenvalue weighted by Crippen LogP contribution is 2.23. The van der Waals surface area contributed by atoms with Gasteiger partial charge in [0.05, 0.1) is 31.1 Å². The van der Waals surface area contributed by atoms with Gasteiger partial charge in [0.25, 0.3) is 0 Å². The fourth-order valence-electron chi connectivity index (χ4n) is 2.17. The van der Waals surface area contributed by atoms with Crippen LogP contribution in [0.4, 0.5) is 0 Å². The number of rotatable bonds is 3. The molecule has 0 radical (unpaired) electrons. The van der Waals surface area contributed by atoms with E-state index in [1.165, 1.54) is 0 Å². The minimum atomic E-state index is 0.0341. The first-order chi connectivity index (χ1) is 9.41. The van der Waals surface area contributed by atoms with Gasteiger partial charge < -0.3 is 9.64 Å². The summed E-state index contributed by atoms with van der Waals surface area (Å²) in [5.41, 5.74) is 2.23. The van der Waals surface area contributed by atoms with E-state index in [2.05, 4.69) is 31.9 Å². The molecular weight excluding hydrogens is 254 g/mol.